The number of aryl methyl sites for hydroxylation is 1. The molecule has 3 heteroatoms. The molecule has 0 spiro atoms. The van der Waals surface area contributed by atoms with Gasteiger partial charge < -0.3 is 4.18 Å². The van der Waals surface area contributed by atoms with Gasteiger partial charge in [-0.05, 0) is 24.6 Å². The fourth-order valence-corrected chi connectivity index (χ4v) is 1.21. The van der Waals surface area contributed by atoms with Gasteiger partial charge in [-0.1, -0.05) is 22.0 Å². The lowest BCUT2D eigenvalue weighted by atomic mass is 10.2. The van der Waals surface area contributed by atoms with E-state index < -0.39 is 0 Å². The summed E-state index contributed by atoms with van der Waals surface area (Å²) in [6.07, 6.45) is 0. The minimum atomic E-state index is 0.790. The fourth-order valence-electron chi connectivity index (χ4n) is 0.672. The first-order valence-corrected chi connectivity index (χ1v) is 3.97. The first-order valence-electron chi connectivity index (χ1n) is 2.81. The Hall–Kier alpha value is -0.150. The van der Waals surface area contributed by atoms with E-state index in [1.807, 2.05) is 25.1 Å². The third-order valence-electron chi connectivity index (χ3n) is 1.25. The molecule has 0 saturated carbocycles. The molecular formula is C7H7BrOS. The Bertz CT molecular complexity index is 237. The van der Waals surface area contributed by atoms with Gasteiger partial charge in [-0.3, -0.25) is 0 Å². The normalized spacial score (nSPS) is 9.50. The predicted molar refractivity (Wildman–Crippen MR) is 48.5 cm³/mol. The maximum Gasteiger partial charge on any atom is 0.141 e. The van der Waals surface area contributed by atoms with Gasteiger partial charge >= 0.3 is 0 Å². The van der Waals surface area contributed by atoms with Crippen LogP contribution < -0.4 is 4.18 Å². The zero-order valence-corrected chi connectivity index (χ0v) is 7.95. The van der Waals surface area contributed by atoms with Crippen molar-refractivity contribution < 1.29 is 4.18 Å². The van der Waals surface area contributed by atoms with Crippen molar-refractivity contribution in [2.75, 3.05) is 0 Å². The van der Waals surface area contributed by atoms with E-state index in [0.717, 1.165) is 15.8 Å². The van der Waals surface area contributed by atoms with E-state index in [9.17, 15) is 0 Å². The molecule has 0 heterocycles. The van der Waals surface area contributed by atoms with Gasteiger partial charge in [0.15, 0.2) is 0 Å². The Labute approximate surface area is 74.1 Å². The standard InChI is InChI=1S/C7H7BrOS/c1-5-2-3-6(8)4-7(5)9-10/h2-4,10H,1H3. The number of halogens is 1. The van der Waals surface area contributed by atoms with Crippen LogP contribution in [0.2, 0.25) is 0 Å². The molecule has 10 heavy (non-hydrogen) atoms. The van der Waals surface area contributed by atoms with E-state index in [1.54, 1.807) is 0 Å². The largest absolute Gasteiger partial charge is 0.429 e. The van der Waals surface area contributed by atoms with Crippen LogP contribution in [0.5, 0.6) is 5.75 Å². The van der Waals surface area contributed by atoms with Gasteiger partial charge in [-0.25, -0.2) is 0 Å². The summed E-state index contributed by atoms with van der Waals surface area (Å²) in [4.78, 5) is 0. The molecule has 54 valence electrons. The monoisotopic (exact) mass is 218 g/mol. The highest BCUT2D eigenvalue weighted by Gasteiger charge is 1.96. The molecule has 0 aliphatic carbocycles. The van der Waals surface area contributed by atoms with Gasteiger partial charge in [-0.15, -0.1) is 0 Å². The van der Waals surface area contributed by atoms with Gasteiger partial charge in [-0.2, -0.15) is 0 Å². The van der Waals surface area contributed by atoms with Crippen molar-refractivity contribution in [3.63, 3.8) is 0 Å². The minimum absolute atomic E-state index is 0.790. The Kier molecular flexibility index (Phi) is 2.63. The molecule has 0 saturated heterocycles. The van der Waals surface area contributed by atoms with Gasteiger partial charge in [0, 0.05) is 17.4 Å². The molecule has 0 radical (unpaired) electrons. The zero-order chi connectivity index (χ0) is 7.56. The highest BCUT2D eigenvalue weighted by molar-refractivity contribution is 9.10. The van der Waals surface area contributed by atoms with Crippen molar-refractivity contribution >= 4 is 28.8 Å². The van der Waals surface area contributed by atoms with Gasteiger partial charge in [0.05, 0.1) is 0 Å². The van der Waals surface area contributed by atoms with Gasteiger partial charge in [0.25, 0.3) is 0 Å². The highest BCUT2D eigenvalue weighted by atomic mass is 79.9. The van der Waals surface area contributed by atoms with Crippen molar-refractivity contribution in [2.24, 2.45) is 0 Å². The number of hydrogen-bond acceptors (Lipinski definition) is 2. The maximum absolute atomic E-state index is 4.79. The zero-order valence-electron chi connectivity index (χ0n) is 5.47. The molecular weight excluding hydrogens is 212 g/mol. The molecule has 0 bridgehead atoms. The Morgan fingerprint density at radius 3 is 2.70 bits per heavy atom. The molecule has 0 aliphatic heterocycles. The Balaban J connectivity index is 3.09. The van der Waals surface area contributed by atoms with Crippen LogP contribution in [0.25, 0.3) is 0 Å². The van der Waals surface area contributed by atoms with Gasteiger partial charge in [0.2, 0.25) is 0 Å². The third-order valence-corrected chi connectivity index (χ3v) is 1.94. The Morgan fingerprint density at radius 1 is 1.50 bits per heavy atom. The second-order valence-electron chi connectivity index (χ2n) is 2.00. The van der Waals surface area contributed by atoms with Crippen molar-refractivity contribution in [3.8, 4) is 5.75 Å². The molecule has 1 aromatic carbocycles. The average molecular weight is 219 g/mol. The van der Waals surface area contributed by atoms with Crippen LogP contribution in [0.15, 0.2) is 22.7 Å². The molecule has 0 N–H and O–H groups in total. The van der Waals surface area contributed by atoms with Crippen LogP contribution in [0.3, 0.4) is 0 Å². The molecule has 1 aromatic rings. The molecule has 0 unspecified atom stereocenters. The second kappa shape index (κ2) is 3.30. The van der Waals surface area contributed by atoms with Crippen LogP contribution in [0.4, 0.5) is 0 Å². The quantitative estimate of drug-likeness (QED) is 0.564. The van der Waals surface area contributed by atoms with Crippen LogP contribution in [0, 0.1) is 6.92 Å². The molecule has 1 nitrogen and oxygen atoms in total. The summed E-state index contributed by atoms with van der Waals surface area (Å²) in [5.74, 6) is 0.790. The predicted octanol–water partition coefficient (Wildman–Crippen LogP) is 2.98. The SMILES string of the molecule is Cc1ccc(Br)cc1OS. The molecule has 0 aromatic heterocycles. The first-order chi connectivity index (χ1) is 4.74. The van der Waals surface area contributed by atoms with Crippen molar-refractivity contribution in [1.82, 2.24) is 0 Å². The summed E-state index contributed by atoms with van der Waals surface area (Å²) in [5, 5.41) is 0. The van der Waals surface area contributed by atoms with E-state index >= 15 is 0 Å². The fraction of sp³-hybridized carbons (Fsp3) is 0.143. The van der Waals surface area contributed by atoms with E-state index in [0.29, 0.717) is 0 Å². The van der Waals surface area contributed by atoms with E-state index in [1.165, 1.54) is 0 Å². The lowest BCUT2D eigenvalue weighted by Crippen LogP contribution is -1.79. The smallest absolute Gasteiger partial charge is 0.141 e. The van der Waals surface area contributed by atoms with Crippen molar-refractivity contribution in [2.45, 2.75) is 6.92 Å². The van der Waals surface area contributed by atoms with Gasteiger partial charge in [0.1, 0.15) is 5.75 Å². The van der Waals surface area contributed by atoms with Crippen LogP contribution >= 0.6 is 28.8 Å². The number of thiol groups is 1. The molecule has 1 rings (SSSR count). The van der Waals surface area contributed by atoms with Crippen LogP contribution in [-0.2, 0) is 0 Å². The Morgan fingerprint density at radius 2 is 2.20 bits per heavy atom. The topological polar surface area (TPSA) is 9.23 Å². The van der Waals surface area contributed by atoms with E-state index in [-0.39, 0.29) is 0 Å². The molecule has 0 fully saturated rings. The number of benzene rings is 1. The summed E-state index contributed by atoms with van der Waals surface area (Å²) in [7, 11) is 0. The summed E-state index contributed by atoms with van der Waals surface area (Å²) < 4.78 is 5.79. The lowest BCUT2D eigenvalue weighted by Gasteiger charge is -2.01. The van der Waals surface area contributed by atoms with Crippen LogP contribution in [-0.4, -0.2) is 0 Å². The molecule has 0 atom stereocenters. The van der Waals surface area contributed by atoms with E-state index in [2.05, 4.69) is 28.8 Å². The van der Waals surface area contributed by atoms with E-state index in [4.69, 9.17) is 4.18 Å². The summed E-state index contributed by atoms with van der Waals surface area (Å²) in [6.45, 7) is 1.97. The molecule has 0 aliphatic rings. The highest BCUT2D eigenvalue weighted by Crippen LogP contribution is 2.23. The van der Waals surface area contributed by atoms with Crippen molar-refractivity contribution in [1.29, 1.82) is 0 Å². The summed E-state index contributed by atoms with van der Waals surface area (Å²) >= 11 is 7.03. The number of rotatable bonds is 1. The minimum Gasteiger partial charge on any atom is -0.429 e. The first kappa shape index (κ1) is 7.95. The number of hydrogen-bond donors (Lipinski definition) is 1. The average Bonchev–Trinajstić information content (AvgIpc) is 1.94. The van der Waals surface area contributed by atoms with Crippen LogP contribution in [0.1, 0.15) is 5.56 Å². The lowest BCUT2D eigenvalue weighted by molar-refractivity contribution is 0.652. The second-order valence-corrected chi connectivity index (χ2v) is 3.10. The third kappa shape index (κ3) is 1.67. The summed E-state index contributed by atoms with van der Waals surface area (Å²) in [5.41, 5.74) is 1.08. The summed E-state index contributed by atoms with van der Waals surface area (Å²) in [6, 6.07) is 5.81. The van der Waals surface area contributed by atoms with Crippen molar-refractivity contribution in [3.05, 3.63) is 28.2 Å². The maximum atomic E-state index is 4.79. The molecule has 0 amide bonds.